The van der Waals surface area contributed by atoms with Crippen LogP contribution in [0, 0.1) is 0 Å². The fourth-order valence-corrected chi connectivity index (χ4v) is 9.89. The maximum Gasteiger partial charge on any atom is 0.268 e. The zero-order valence-electron chi connectivity index (χ0n) is 48.4. The number of carbonyl (C=O) groups is 1. The molecular formula is C63H121N2O6P. The van der Waals surface area contributed by atoms with Crippen molar-refractivity contribution >= 4 is 13.7 Å². The molecule has 0 bridgehead atoms. The molecule has 0 rings (SSSR count). The van der Waals surface area contributed by atoms with Crippen LogP contribution in [0.25, 0.3) is 0 Å². The number of quaternary nitrogens is 1. The van der Waals surface area contributed by atoms with Gasteiger partial charge in [-0.05, 0) is 57.8 Å². The second kappa shape index (κ2) is 54.3. The van der Waals surface area contributed by atoms with Crippen LogP contribution in [-0.2, 0) is 18.4 Å². The van der Waals surface area contributed by atoms with Crippen molar-refractivity contribution < 1.29 is 32.9 Å². The summed E-state index contributed by atoms with van der Waals surface area (Å²) in [5.74, 6) is -0.202. The van der Waals surface area contributed by atoms with Gasteiger partial charge in [0.2, 0.25) is 5.91 Å². The lowest BCUT2D eigenvalue weighted by atomic mass is 10.0. The highest BCUT2D eigenvalue weighted by Crippen LogP contribution is 2.38. The Morgan fingerprint density at radius 1 is 0.486 bits per heavy atom. The van der Waals surface area contributed by atoms with E-state index >= 15 is 0 Å². The molecule has 0 fully saturated rings. The summed E-state index contributed by atoms with van der Waals surface area (Å²) in [4.78, 5) is 25.5. The molecule has 0 heterocycles. The van der Waals surface area contributed by atoms with Gasteiger partial charge in [-0.3, -0.25) is 9.36 Å². The summed E-state index contributed by atoms with van der Waals surface area (Å²) in [6.07, 6.45) is 71.9. The monoisotopic (exact) mass is 1030 g/mol. The molecule has 72 heavy (non-hydrogen) atoms. The normalized spacial score (nSPS) is 14.2. The van der Waals surface area contributed by atoms with E-state index in [1.165, 1.54) is 218 Å². The van der Waals surface area contributed by atoms with Crippen molar-refractivity contribution in [1.82, 2.24) is 5.32 Å². The minimum absolute atomic E-state index is 0.00327. The Morgan fingerprint density at radius 2 is 0.806 bits per heavy atom. The number of hydrogen-bond donors (Lipinski definition) is 2. The topological polar surface area (TPSA) is 108 Å². The number of phosphoric ester groups is 1. The van der Waals surface area contributed by atoms with Crippen LogP contribution >= 0.6 is 7.82 Å². The fourth-order valence-electron chi connectivity index (χ4n) is 9.16. The predicted octanol–water partition coefficient (Wildman–Crippen LogP) is 18.5. The van der Waals surface area contributed by atoms with Crippen molar-refractivity contribution in [3.63, 3.8) is 0 Å². The number of hydrogen-bond acceptors (Lipinski definition) is 6. The molecule has 0 saturated carbocycles. The number of phosphoric acid groups is 1. The lowest BCUT2D eigenvalue weighted by Crippen LogP contribution is -2.45. The molecule has 0 aliphatic heterocycles. The maximum absolute atomic E-state index is 13.0. The molecule has 3 atom stereocenters. The molecule has 8 nitrogen and oxygen atoms in total. The fraction of sp³-hybridized carbons (Fsp3) is 0.857. The molecule has 0 aliphatic rings. The number of aliphatic hydroxyl groups is 1. The van der Waals surface area contributed by atoms with Gasteiger partial charge in [-0.15, -0.1) is 0 Å². The summed E-state index contributed by atoms with van der Waals surface area (Å²) in [5.41, 5.74) is 0. The highest BCUT2D eigenvalue weighted by Gasteiger charge is 2.23. The average molecular weight is 1030 g/mol. The Balaban J connectivity index is 4.18. The summed E-state index contributed by atoms with van der Waals surface area (Å²) in [6, 6.07) is -0.893. The number of aliphatic hydroxyl groups excluding tert-OH is 1. The Morgan fingerprint density at radius 3 is 1.17 bits per heavy atom. The minimum Gasteiger partial charge on any atom is -0.756 e. The van der Waals surface area contributed by atoms with E-state index in [2.05, 4.69) is 55.6 Å². The maximum atomic E-state index is 13.0. The number of unbranched alkanes of at least 4 members (excludes halogenated alkanes) is 38. The van der Waals surface area contributed by atoms with E-state index in [1.54, 1.807) is 6.08 Å². The zero-order chi connectivity index (χ0) is 52.7. The minimum atomic E-state index is -4.60. The van der Waals surface area contributed by atoms with Gasteiger partial charge in [-0.2, -0.15) is 0 Å². The average Bonchev–Trinajstić information content (AvgIpc) is 3.34. The zero-order valence-corrected chi connectivity index (χ0v) is 49.3. The summed E-state index contributed by atoms with van der Waals surface area (Å²) in [7, 11) is 1.26. The Kier molecular flexibility index (Phi) is 53.1. The smallest absolute Gasteiger partial charge is 0.268 e. The van der Waals surface area contributed by atoms with Crippen molar-refractivity contribution in [2.24, 2.45) is 0 Å². The number of nitrogens with zero attached hydrogens (tertiary/aromatic N) is 1. The van der Waals surface area contributed by atoms with E-state index in [0.29, 0.717) is 17.4 Å². The highest BCUT2D eigenvalue weighted by molar-refractivity contribution is 7.45. The molecule has 0 aromatic heterocycles. The van der Waals surface area contributed by atoms with Crippen molar-refractivity contribution in [2.75, 3.05) is 40.9 Å². The van der Waals surface area contributed by atoms with Gasteiger partial charge in [0.15, 0.2) is 0 Å². The number of amides is 1. The van der Waals surface area contributed by atoms with Crippen LogP contribution in [0.2, 0.25) is 0 Å². The summed E-state index contributed by atoms with van der Waals surface area (Å²) in [6.45, 7) is 4.67. The van der Waals surface area contributed by atoms with Gasteiger partial charge in [0.1, 0.15) is 13.2 Å². The standard InChI is InChI=1S/C63H121N2O6P/c1-6-8-10-12-14-16-18-20-22-24-26-28-30-31-32-33-35-36-38-40-42-44-46-48-50-52-54-56-62(66)61(60-71-72(68,69)70-59-58-65(3,4)5)64-63(67)57-55-53-51-49-47-45-43-41-39-37-34-29-27-25-23-21-19-17-15-13-11-9-7-2/h19,21,25,27,34,37,54,56,61-62,66H,6-18,20,22-24,26,28-33,35-36,38-53,55,57-60H2,1-5H3,(H-,64,67,68,69)/b21-19-,27-25-,37-34-,56-54+. The molecule has 424 valence electrons. The van der Waals surface area contributed by atoms with Crippen molar-refractivity contribution in [2.45, 2.75) is 309 Å². The lowest BCUT2D eigenvalue weighted by Gasteiger charge is -2.29. The van der Waals surface area contributed by atoms with Gasteiger partial charge in [-0.1, -0.05) is 281 Å². The van der Waals surface area contributed by atoms with Crippen LogP contribution in [0.4, 0.5) is 0 Å². The third-order valence-corrected chi connectivity index (χ3v) is 15.0. The molecule has 0 aromatic rings. The molecule has 0 spiro atoms. The quantitative estimate of drug-likeness (QED) is 0.0272. The second-order valence-electron chi connectivity index (χ2n) is 22.4. The molecule has 0 saturated heterocycles. The largest absolute Gasteiger partial charge is 0.756 e. The first kappa shape index (κ1) is 70.5. The number of allylic oxidation sites excluding steroid dienone is 7. The SMILES string of the molecule is CCCCCCC/C=C\C/C=C\C/C=C\CCCCCCCCCCC(=O)NC(COP(=O)([O-])OCC[N+](C)(C)C)C(O)/C=C/CCCCCCCCCCCCCCCCCCCCCCCCCCC. The Bertz CT molecular complexity index is 1310. The van der Waals surface area contributed by atoms with E-state index in [0.717, 1.165) is 57.8 Å². The second-order valence-corrected chi connectivity index (χ2v) is 23.8. The van der Waals surface area contributed by atoms with E-state index in [1.807, 2.05) is 27.2 Å². The first-order chi connectivity index (χ1) is 35.0. The third-order valence-electron chi connectivity index (χ3n) is 14.0. The predicted molar refractivity (Wildman–Crippen MR) is 311 cm³/mol. The Labute approximate surface area is 448 Å². The van der Waals surface area contributed by atoms with Gasteiger partial charge >= 0.3 is 0 Å². The number of carbonyl (C=O) groups excluding carboxylic acids is 1. The first-order valence-electron chi connectivity index (χ1n) is 31.0. The lowest BCUT2D eigenvalue weighted by molar-refractivity contribution is -0.870. The van der Waals surface area contributed by atoms with Gasteiger partial charge < -0.3 is 28.8 Å². The molecule has 3 unspecified atom stereocenters. The number of nitrogens with one attached hydrogen (secondary N) is 1. The Hall–Kier alpha value is -1.54. The van der Waals surface area contributed by atoms with E-state index in [4.69, 9.17) is 9.05 Å². The summed E-state index contributed by atoms with van der Waals surface area (Å²) in [5, 5.41) is 13.9. The van der Waals surface area contributed by atoms with E-state index in [9.17, 15) is 19.4 Å². The van der Waals surface area contributed by atoms with E-state index < -0.39 is 20.0 Å². The van der Waals surface area contributed by atoms with Crippen LogP contribution < -0.4 is 10.2 Å². The van der Waals surface area contributed by atoms with Crippen molar-refractivity contribution in [3.8, 4) is 0 Å². The molecule has 0 aliphatic carbocycles. The summed E-state index contributed by atoms with van der Waals surface area (Å²) < 4.78 is 23.4. The van der Waals surface area contributed by atoms with Gasteiger partial charge in [-0.25, -0.2) is 0 Å². The number of likely N-dealkylation sites (N-methyl/N-ethyl adjacent to an activating group) is 1. The van der Waals surface area contributed by atoms with Crippen LogP contribution in [0.3, 0.4) is 0 Å². The molecule has 2 N–H and O–H groups in total. The molecule has 1 amide bonds. The summed E-state index contributed by atoms with van der Waals surface area (Å²) >= 11 is 0. The van der Waals surface area contributed by atoms with Gasteiger partial charge in [0.05, 0.1) is 39.9 Å². The van der Waals surface area contributed by atoms with Crippen LogP contribution in [0.5, 0.6) is 0 Å². The first-order valence-corrected chi connectivity index (χ1v) is 32.5. The van der Waals surface area contributed by atoms with Gasteiger partial charge in [0, 0.05) is 6.42 Å². The molecule has 0 radical (unpaired) electrons. The number of rotatable bonds is 57. The van der Waals surface area contributed by atoms with Gasteiger partial charge in [0.25, 0.3) is 7.82 Å². The van der Waals surface area contributed by atoms with E-state index in [-0.39, 0.29) is 19.1 Å². The molecule has 0 aromatic carbocycles. The van der Waals surface area contributed by atoms with Crippen LogP contribution in [-0.4, -0.2) is 68.5 Å². The molecular weight excluding hydrogens is 912 g/mol. The van der Waals surface area contributed by atoms with Crippen molar-refractivity contribution in [3.05, 3.63) is 48.6 Å². The van der Waals surface area contributed by atoms with Crippen molar-refractivity contribution in [1.29, 1.82) is 0 Å². The van der Waals surface area contributed by atoms with Crippen LogP contribution in [0.15, 0.2) is 48.6 Å². The molecule has 9 heteroatoms. The highest BCUT2D eigenvalue weighted by atomic mass is 31.2. The third kappa shape index (κ3) is 56.2. The van der Waals surface area contributed by atoms with Crippen LogP contribution in [0.1, 0.15) is 296 Å².